The maximum Gasteiger partial charge on any atom is 0.323 e. The Labute approximate surface area is 877 Å². The van der Waals surface area contributed by atoms with Crippen LogP contribution in [0.4, 0.5) is 53.3 Å². The number of Topliss-reactive ketones (excluding diaryl/α,β-unsaturated/α-hetero) is 1. The third kappa shape index (κ3) is 43.2. The van der Waals surface area contributed by atoms with Crippen LogP contribution in [0.2, 0.25) is 0 Å². The molecule has 0 spiro atoms. The Balaban J connectivity index is 0.000000169. The van der Waals surface area contributed by atoms with Gasteiger partial charge in [0, 0.05) is 121 Å². The van der Waals surface area contributed by atoms with E-state index in [2.05, 4.69) is 234 Å². The number of hydrogen-bond donors (Lipinski definition) is 10. The lowest BCUT2D eigenvalue weighted by atomic mass is 10.0. The zero-order chi connectivity index (χ0) is 105. The number of rotatable bonds is 22. The molecule has 19 rings (SSSR count). The standard InChI is InChI=1S/C22H20O2.C17H20N2O.C16H18N2O.C11H15ClN2O.C11H13NO.C11H10.C10H13ClN2O.C10H11N.C9H9N.C9H10O/c1-17-7-9-18(10-8-17)15-20(23)16-19-11-13-22(14-12-19)24-21-5-3-2-4-6-21;1-12(2)14-6-10-16(11-7-14)19-17(20)18-15-8-4-13(3)5-9-15;1-13-7-9-15(10-8-13)18-16(19)17-12-11-14-5-3-2-4-6-14;1-9-3-5-10(6-4-9)14-11(15)13-8-2-7-12;1-8-2-6-10(7-3-8)12-11(13)9-4-5-9;1-9-6-7-10-4-2-3-5-11(10)8-9;1-8-2-4-9(5-3-8)13-10(14)12-7-6-11;1-8-3-4-10-9(7-8)5-6-11(10)2;1-7-6-8-4-2-3-5-9(8)10-7;1-7-2-3-9-8(6-7)4-5-10-9/h2-14H,15-16H2,1H3;4-12H,1-3H3,(H2,18,19,20);2-10H,11-12H2,1H3,(H2,17,18,19);3-6H,2,7-8H2,1H3,(H2,13,14,15);2-3,6-7,9H,4-5H2,1H3,(H,12,13);2-8H,1H3;2-5H,6-7H2,1H3,(H2,12,13,14);3-7H,1-2H3;2-6,10H,1H3;2-3,6H,4-5H2,1H3. The fraction of sp³-hybridized carbons (Fsp3) is 0.222. The van der Waals surface area contributed by atoms with Crippen molar-refractivity contribution in [3.63, 3.8) is 0 Å². The fourth-order valence-corrected chi connectivity index (χ4v) is 14.9. The van der Waals surface area contributed by atoms with Gasteiger partial charge in [-0.2, -0.15) is 0 Å². The average Bonchev–Trinajstić information content (AvgIpc) is 1.73. The van der Waals surface area contributed by atoms with Crippen LogP contribution in [0.1, 0.15) is 123 Å². The number of aromatic nitrogens is 2. The second kappa shape index (κ2) is 61.2. The summed E-state index contributed by atoms with van der Waals surface area (Å²) in [5.41, 5.74) is 25.6. The molecule has 0 saturated heterocycles. The highest BCUT2D eigenvalue weighted by Gasteiger charge is 2.29. The summed E-state index contributed by atoms with van der Waals surface area (Å²) >= 11 is 10.9. The maximum absolute atomic E-state index is 12.2. The molecule has 0 radical (unpaired) electrons. The number of aryl methyl sites for hydroxylation is 11. The molecule has 147 heavy (non-hydrogen) atoms. The number of hydrogen-bond acceptors (Lipinski definition) is 8. The van der Waals surface area contributed by atoms with Crippen LogP contribution in [0.5, 0.6) is 17.2 Å². The second-order valence-corrected chi connectivity index (χ2v) is 37.3. The minimum Gasteiger partial charge on any atom is -0.493 e. The topological polar surface area (TPSA) is 250 Å². The molecule has 0 atom stereocenters. The van der Waals surface area contributed by atoms with Crippen molar-refractivity contribution in [1.82, 2.24) is 25.5 Å². The number of ether oxygens (including phenoxy) is 2. The molecule has 1 aliphatic heterocycles. The first-order valence-corrected chi connectivity index (χ1v) is 50.8. The number of ketones is 1. The number of carbonyl (C=O) groups excluding carboxylic acids is 6. The van der Waals surface area contributed by atoms with E-state index in [0.29, 0.717) is 50.2 Å². The molecular formula is C126H139Cl2N11O8. The highest BCUT2D eigenvalue weighted by molar-refractivity contribution is 6.18. The van der Waals surface area contributed by atoms with Crippen LogP contribution in [0, 0.1) is 75.2 Å². The third-order valence-electron chi connectivity index (χ3n) is 23.1. The molecular weight excluding hydrogens is 1870 g/mol. The van der Waals surface area contributed by atoms with E-state index in [1.807, 2.05) is 290 Å². The van der Waals surface area contributed by atoms with Crippen molar-refractivity contribution in [2.45, 2.75) is 134 Å². The summed E-state index contributed by atoms with van der Waals surface area (Å²) in [6, 6.07) is 122. The van der Waals surface area contributed by atoms with E-state index in [1.165, 1.54) is 99.5 Å². The Morgan fingerprint density at radius 3 is 1.26 bits per heavy atom. The summed E-state index contributed by atoms with van der Waals surface area (Å²) in [6.45, 7) is 27.4. The van der Waals surface area contributed by atoms with Crippen molar-refractivity contribution in [3.05, 3.63) is 460 Å². The number of fused-ring (bicyclic) bond motifs is 4. The van der Waals surface area contributed by atoms with Crippen LogP contribution in [0.15, 0.2) is 376 Å². The summed E-state index contributed by atoms with van der Waals surface area (Å²) in [6.07, 6.45) is 7.81. The van der Waals surface area contributed by atoms with E-state index in [9.17, 15) is 28.8 Å². The normalized spacial score (nSPS) is 10.9. The maximum atomic E-state index is 12.2. The van der Waals surface area contributed by atoms with E-state index in [4.69, 9.17) is 32.7 Å². The lowest BCUT2D eigenvalue weighted by molar-refractivity contribution is -0.118. The number of benzene rings is 15. The van der Waals surface area contributed by atoms with E-state index in [0.717, 1.165) is 107 Å². The van der Waals surface area contributed by atoms with Gasteiger partial charge in [0.05, 0.1) is 6.61 Å². The number of halogens is 2. The molecule has 17 aromatic rings. The minimum atomic E-state index is -0.230. The third-order valence-corrected chi connectivity index (χ3v) is 23.6. The number of alkyl halides is 2. The van der Waals surface area contributed by atoms with E-state index in [1.54, 1.807) is 0 Å². The Morgan fingerprint density at radius 2 is 0.769 bits per heavy atom. The van der Waals surface area contributed by atoms with Crippen LogP contribution in [-0.2, 0) is 42.3 Å². The van der Waals surface area contributed by atoms with Crippen LogP contribution in [0.25, 0.3) is 32.6 Å². The number of carbonyl (C=O) groups is 6. The molecule has 1 aliphatic carbocycles. The van der Waals surface area contributed by atoms with Crippen molar-refractivity contribution in [2.75, 3.05) is 69.9 Å². The molecule has 760 valence electrons. The van der Waals surface area contributed by atoms with Gasteiger partial charge in [-0.15, -0.1) is 23.2 Å². The first-order chi connectivity index (χ1) is 71.0. The Kier molecular flexibility index (Phi) is 47.1. The number of amides is 9. The van der Waals surface area contributed by atoms with Crippen molar-refractivity contribution in [1.29, 1.82) is 0 Å². The summed E-state index contributed by atoms with van der Waals surface area (Å²) in [5, 5.41) is 30.2. The largest absolute Gasteiger partial charge is 0.493 e. The lowest BCUT2D eigenvalue weighted by Gasteiger charge is -2.09. The highest BCUT2D eigenvalue weighted by atomic mass is 35.5. The Morgan fingerprint density at radius 1 is 0.367 bits per heavy atom. The monoisotopic (exact) mass is 2000 g/mol. The smallest absolute Gasteiger partial charge is 0.323 e. The van der Waals surface area contributed by atoms with E-state index >= 15 is 0 Å². The number of nitrogens with zero attached hydrogens (tertiary/aromatic N) is 1. The zero-order valence-corrected chi connectivity index (χ0v) is 88.1. The van der Waals surface area contributed by atoms with Gasteiger partial charge in [0.25, 0.3) is 0 Å². The quantitative estimate of drug-likeness (QED) is 0.0230. The second-order valence-electron chi connectivity index (χ2n) is 36.6. The van der Waals surface area contributed by atoms with Crippen LogP contribution in [0.3, 0.4) is 0 Å². The lowest BCUT2D eigenvalue weighted by Crippen LogP contribution is -2.30. The average molecular weight is 2010 g/mol. The SMILES string of the molecule is Cc1cc2ccccc2[nH]1.Cc1ccc(CC(=O)Cc2ccc(Oc3ccccc3)cc2)cc1.Cc1ccc(NC(=O)C2CC2)cc1.Cc1ccc(NC(=O)NCCCCl)cc1.Cc1ccc(NC(=O)NCCCl)cc1.Cc1ccc(NC(=O)NCCc2ccccc2)cc1.Cc1ccc(NC(=O)Nc2ccc(C(C)C)cc2)cc1.Cc1ccc2c(c1)CCO2.Cc1ccc2c(ccn2C)c1.Cc1ccc2ccccc2c1. The first kappa shape index (κ1) is 113. The fourth-order valence-electron chi connectivity index (χ4n) is 14.7. The summed E-state index contributed by atoms with van der Waals surface area (Å²) in [7, 11) is 2.07. The number of aromatic amines is 1. The van der Waals surface area contributed by atoms with Crippen molar-refractivity contribution >= 4 is 126 Å². The van der Waals surface area contributed by atoms with Gasteiger partial charge in [0.2, 0.25) is 5.91 Å². The molecule has 0 unspecified atom stereocenters. The molecule has 2 aliphatic rings. The van der Waals surface area contributed by atoms with Crippen LogP contribution >= 0.6 is 23.2 Å². The first-order valence-electron chi connectivity index (χ1n) is 49.8. The van der Waals surface area contributed by atoms with Gasteiger partial charge >= 0.3 is 24.1 Å². The number of anilines is 6. The molecule has 0 bridgehead atoms. The molecule has 21 heteroatoms. The van der Waals surface area contributed by atoms with Crippen molar-refractivity contribution in [2.24, 2.45) is 13.0 Å². The van der Waals surface area contributed by atoms with Gasteiger partial charge in [0.1, 0.15) is 23.0 Å². The van der Waals surface area contributed by atoms with Gasteiger partial charge in [0.15, 0.2) is 0 Å². The highest BCUT2D eigenvalue weighted by Crippen LogP contribution is 2.31. The van der Waals surface area contributed by atoms with Crippen LogP contribution in [-0.4, -0.2) is 83.4 Å². The molecule has 10 N–H and O–H groups in total. The van der Waals surface area contributed by atoms with Gasteiger partial charge in [-0.05, 0) is 284 Å². The van der Waals surface area contributed by atoms with Crippen LogP contribution < -0.4 is 57.3 Å². The number of para-hydroxylation sites is 2. The predicted octanol–water partition coefficient (Wildman–Crippen LogP) is 30.7. The zero-order valence-electron chi connectivity index (χ0n) is 86.6. The molecule has 2 aromatic heterocycles. The Hall–Kier alpha value is -16.0. The number of nitrogens with one attached hydrogen (secondary N) is 10. The van der Waals surface area contributed by atoms with Gasteiger partial charge in [-0.3, -0.25) is 9.59 Å². The van der Waals surface area contributed by atoms with Gasteiger partial charge in [-0.25, -0.2) is 19.2 Å². The molecule has 3 heterocycles. The van der Waals surface area contributed by atoms with Gasteiger partial charge in [-0.1, -0.05) is 301 Å². The van der Waals surface area contributed by atoms with E-state index in [-0.39, 0.29) is 41.7 Å². The minimum absolute atomic E-state index is 0.167. The summed E-state index contributed by atoms with van der Waals surface area (Å²) in [4.78, 5) is 72.8. The molecule has 9 amide bonds. The summed E-state index contributed by atoms with van der Waals surface area (Å²) in [5.74, 6) is 4.79. The van der Waals surface area contributed by atoms with Crippen molar-refractivity contribution < 1.29 is 38.2 Å². The molecule has 19 nitrogen and oxygen atoms in total. The number of H-pyrrole nitrogens is 1. The molecule has 15 aromatic carbocycles. The predicted molar refractivity (Wildman–Crippen MR) is 614 cm³/mol. The van der Waals surface area contributed by atoms with Crippen molar-refractivity contribution in [3.8, 4) is 17.2 Å². The Bertz CT molecular complexity index is 6850. The molecule has 1 fully saturated rings. The van der Waals surface area contributed by atoms with Gasteiger partial charge < -0.3 is 66.9 Å². The van der Waals surface area contributed by atoms with E-state index < -0.39 is 0 Å². The number of urea groups is 4. The molecule has 1 saturated carbocycles. The summed E-state index contributed by atoms with van der Waals surface area (Å²) < 4.78 is 13.2.